The highest BCUT2D eigenvalue weighted by Gasteiger charge is 2.26. The normalized spacial score (nSPS) is 18.6. The molecule has 1 unspecified atom stereocenters. The lowest BCUT2D eigenvalue weighted by Gasteiger charge is -2.25. The van der Waals surface area contributed by atoms with Gasteiger partial charge in [0.15, 0.2) is 11.5 Å². The largest absolute Gasteiger partial charge is 0.493 e. The Labute approximate surface area is 103 Å². The number of benzene rings is 1. The number of carbonyl (C=O) groups excluding carboxylic acids is 1. The van der Waals surface area contributed by atoms with Gasteiger partial charge < -0.3 is 9.47 Å². The summed E-state index contributed by atoms with van der Waals surface area (Å²) in [6.07, 6.45) is 0.723. The highest BCUT2D eigenvalue weighted by Crippen LogP contribution is 2.38. The maximum absolute atomic E-state index is 11.3. The van der Waals surface area contributed by atoms with Gasteiger partial charge in [-0.1, -0.05) is 15.9 Å². The van der Waals surface area contributed by atoms with E-state index in [0.29, 0.717) is 12.4 Å². The molecule has 4 heteroatoms. The number of rotatable bonds is 2. The van der Waals surface area contributed by atoms with Crippen LogP contribution in [0.4, 0.5) is 0 Å². The van der Waals surface area contributed by atoms with Gasteiger partial charge in [0, 0.05) is 4.47 Å². The number of ketones is 1. The van der Waals surface area contributed by atoms with Gasteiger partial charge in [0.25, 0.3) is 0 Å². The zero-order valence-corrected chi connectivity index (χ0v) is 10.8. The predicted octanol–water partition coefficient (Wildman–Crippen LogP) is 2.60. The van der Waals surface area contributed by atoms with Crippen LogP contribution in [0.3, 0.4) is 0 Å². The van der Waals surface area contributed by atoms with Crippen LogP contribution < -0.4 is 9.47 Å². The van der Waals surface area contributed by atoms with E-state index >= 15 is 0 Å². The van der Waals surface area contributed by atoms with Crippen molar-refractivity contribution in [3.63, 3.8) is 0 Å². The molecule has 0 fully saturated rings. The summed E-state index contributed by atoms with van der Waals surface area (Å²) in [5.41, 5.74) is 1.03. The second-order valence-electron chi connectivity index (χ2n) is 3.92. The van der Waals surface area contributed by atoms with Crippen LogP contribution in [0.1, 0.15) is 12.5 Å². The number of halogens is 1. The average Bonchev–Trinajstić information content (AvgIpc) is 2.26. The van der Waals surface area contributed by atoms with Crippen molar-refractivity contribution in [2.45, 2.75) is 13.3 Å². The summed E-state index contributed by atoms with van der Waals surface area (Å²) in [6.45, 7) is 2.05. The Morgan fingerprint density at radius 1 is 1.56 bits per heavy atom. The molecule has 0 bridgehead atoms. The Morgan fingerprint density at radius 3 is 2.94 bits per heavy atom. The minimum Gasteiger partial charge on any atom is -0.493 e. The quantitative estimate of drug-likeness (QED) is 0.838. The van der Waals surface area contributed by atoms with E-state index in [9.17, 15) is 4.79 Å². The molecule has 0 amide bonds. The number of carbonyl (C=O) groups is 1. The molecule has 0 N–H and O–H groups in total. The van der Waals surface area contributed by atoms with Gasteiger partial charge in [0.1, 0.15) is 5.78 Å². The van der Waals surface area contributed by atoms with Crippen LogP contribution in [0.2, 0.25) is 0 Å². The van der Waals surface area contributed by atoms with E-state index in [1.54, 1.807) is 14.0 Å². The Bertz CT molecular complexity index is 429. The third kappa shape index (κ3) is 2.07. The summed E-state index contributed by atoms with van der Waals surface area (Å²) in [6, 6.07) is 3.85. The number of ether oxygens (including phenoxy) is 2. The summed E-state index contributed by atoms with van der Waals surface area (Å²) in [5.74, 6) is 1.62. The molecule has 0 spiro atoms. The zero-order valence-electron chi connectivity index (χ0n) is 9.25. The van der Waals surface area contributed by atoms with Crippen LogP contribution in [0.5, 0.6) is 11.5 Å². The molecule has 1 atom stereocenters. The number of hydrogen-bond acceptors (Lipinski definition) is 3. The van der Waals surface area contributed by atoms with Crippen molar-refractivity contribution >= 4 is 21.7 Å². The third-order valence-electron chi connectivity index (χ3n) is 2.79. The molecule has 2 rings (SSSR count). The first-order valence-corrected chi connectivity index (χ1v) is 5.90. The molecule has 0 aliphatic carbocycles. The first-order chi connectivity index (χ1) is 7.61. The van der Waals surface area contributed by atoms with Gasteiger partial charge in [-0.3, -0.25) is 4.79 Å². The lowest BCUT2D eigenvalue weighted by atomic mass is 9.94. The maximum atomic E-state index is 11.3. The van der Waals surface area contributed by atoms with Crippen LogP contribution in [-0.4, -0.2) is 19.5 Å². The molecular formula is C12H13BrO3. The van der Waals surface area contributed by atoms with E-state index in [2.05, 4.69) is 15.9 Å². The highest BCUT2D eigenvalue weighted by molar-refractivity contribution is 9.10. The van der Waals surface area contributed by atoms with Crippen LogP contribution >= 0.6 is 15.9 Å². The van der Waals surface area contributed by atoms with E-state index < -0.39 is 0 Å². The number of fused-ring (bicyclic) bond motifs is 1. The molecule has 1 aromatic carbocycles. The Hall–Kier alpha value is -1.03. The Morgan fingerprint density at radius 2 is 2.31 bits per heavy atom. The Kier molecular flexibility index (Phi) is 3.19. The summed E-state index contributed by atoms with van der Waals surface area (Å²) in [4.78, 5) is 11.3. The van der Waals surface area contributed by atoms with Gasteiger partial charge in [-0.25, -0.2) is 0 Å². The molecular weight excluding hydrogens is 272 g/mol. The predicted molar refractivity (Wildman–Crippen MR) is 64.1 cm³/mol. The summed E-state index contributed by atoms with van der Waals surface area (Å²) in [7, 11) is 1.61. The van der Waals surface area contributed by atoms with Crippen molar-refractivity contribution in [3.05, 3.63) is 22.2 Å². The number of hydrogen-bond donors (Lipinski definition) is 0. The second kappa shape index (κ2) is 4.45. The molecule has 0 saturated heterocycles. The lowest BCUT2D eigenvalue weighted by Crippen LogP contribution is -2.26. The van der Waals surface area contributed by atoms with Gasteiger partial charge in [0.2, 0.25) is 0 Å². The van der Waals surface area contributed by atoms with Gasteiger partial charge in [0.05, 0.1) is 19.6 Å². The van der Waals surface area contributed by atoms with E-state index in [-0.39, 0.29) is 11.7 Å². The monoisotopic (exact) mass is 284 g/mol. The molecule has 86 valence electrons. The molecule has 1 aromatic rings. The molecule has 0 radical (unpaired) electrons. The smallest absolute Gasteiger partial charge is 0.164 e. The molecule has 1 heterocycles. The maximum Gasteiger partial charge on any atom is 0.164 e. The second-order valence-corrected chi connectivity index (χ2v) is 4.83. The standard InChI is InChI=1S/C12H13BrO3/c1-7(14)9-3-8-4-10(13)5-11(15-2)12(8)16-6-9/h4-5,9H,3,6H2,1-2H3. The molecule has 3 nitrogen and oxygen atoms in total. The van der Waals surface area contributed by atoms with E-state index in [4.69, 9.17) is 9.47 Å². The van der Waals surface area contributed by atoms with Crippen molar-refractivity contribution in [1.82, 2.24) is 0 Å². The van der Waals surface area contributed by atoms with E-state index in [1.807, 2.05) is 12.1 Å². The Balaban J connectivity index is 2.38. The first kappa shape index (κ1) is 11.5. The summed E-state index contributed by atoms with van der Waals surface area (Å²) in [5, 5.41) is 0. The van der Waals surface area contributed by atoms with E-state index in [1.165, 1.54) is 0 Å². The van der Waals surface area contributed by atoms with Crippen molar-refractivity contribution in [1.29, 1.82) is 0 Å². The van der Waals surface area contributed by atoms with Gasteiger partial charge in [-0.2, -0.15) is 0 Å². The summed E-state index contributed by atoms with van der Waals surface area (Å²) >= 11 is 3.42. The minimum atomic E-state index is -0.0356. The number of Topliss-reactive ketones (excluding diaryl/α,β-unsaturated/α-hetero) is 1. The SMILES string of the molecule is COc1cc(Br)cc2c1OCC(C(C)=O)C2. The third-order valence-corrected chi connectivity index (χ3v) is 3.24. The first-order valence-electron chi connectivity index (χ1n) is 5.11. The summed E-state index contributed by atoms with van der Waals surface area (Å²) < 4.78 is 11.8. The van der Waals surface area contributed by atoms with Gasteiger partial charge >= 0.3 is 0 Å². The fourth-order valence-corrected chi connectivity index (χ4v) is 2.34. The lowest BCUT2D eigenvalue weighted by molar-refractivity contribution is -0.121. The van der Waals surface area contributed by atoms with Crippen molar-refractivity contribution < 1.29 is 14.3 Å². The molecule has 1 aliphatic rings. The molecule has 0 saturated carbocycles. The van der Waals surface area contributed by atoms with Crippen LogP contribution in [0, 0.1) is 5.92 Å². The van der Waals surface area contributed by atoms with Crippen LogP contribution in [0.25, 0.3) is 0 Å². The van der Waals surface area contributed by atoms with Crippen molar-refractivity contribution in [3.8, 4) is 11.5 Å². The topological polar surface area (TPSA) is 35.5 Å². The molecule has 1 aliphatic heterocycles. The fourth-order valence-electron chi connectivity index (χ4n) is 1.86. The molecule has 0 aromatic heterocycles. The highest BCUT2D eigenvalue weighted by atomic mass is 79.9. The fraction of sp³-hybridized carbons (Fsp3) is 0.417. The van der Waals surface area contributed by atoms with E-state index in [0.717, 1.165) is 22.2 Å². The minimum absolute atomic E-state index is 0.0356. The van der Waals surface area contributed by atoms with Crippen molar-refractivity contribution in [2.24, 2.45) is 5.92 Å². The average molecular weight is 285 g/mol. The van der Waals surface area contributed by atoms with Crippen LogP contribution in [-0.2, 0) is 11.2 Å². The van der Waals surface area contributed by atoms with Crippen LogP contribution in [0.15, 0.2) is 16.6 Å². The van der Waals surface area contributed by atoms with Crippen molar-refractivity contribution in [2.75, 3.05) is 13.7 Å². The van der Waals surface area contributed by atoms with Gasteiger partial charge in [-0.15, -0.1) is 0 Å². The zero-order chi connectivity index (χ0) is 11.7. The number of methoxy groups -OCH3 is 1. The van der Waals surface area contributed by atoms with Gasteiger partial charge in [-0.05, 0) is 31.0 Å². The molecule has 16 heavy (non-hydrogen) atoms.